The Morgan fingerprint density at radius 3 is 2.97 bits per heavy atom. The molecule has 5 aliphatic rings. The molecule has 210 valence electrons. The average Bonchev–Trinajstić information content (AvgIpc) is 3.35. The molecule has 0 saturated carbocycles. The molecule has 5 heterocycles. The van der Waals surface area contributed by atoms with Gasteiger partial charge in [0, 0.05) is 43.7 Å². The number of nitrogens with two attached hydrogens (primary N) is 1. The van der Waals surface area contributed by atoms with Gasteiger partial charge in [-0.2, -0.15) is 9.97 Å². The van der Waals surface area contributed by atoms with E-state index in [0.29, 0.717) is 45.0 Å². The molecule has 0 radical (unpaired) electrons. The van der Waals surface area contributed by atoms with Crippen molar-refractivity contribution in [2.24, 2.45) is 0 Å². The first-order valence-corrected chi connectivity index (χ1v) is 14.8. The van der Waals surface area contributed by atoms with Gasteiger partial charge in [-0.3, -0.25) is 4.90 Å². The predicted octanol–water partition coefficient (Wildman–Crippen LogP) is 3.67. The predicted molar refractivity (Wildman–Crippen MR) is 147 cm³/mol. The smallest absolute Gasteiger partial charge is 0.318 e. The summed E-state index contributed by atoms with van der Waals surface area (Å²) < 4.78 is 27.5. The topological polar surface area (TPSA) is 97.0 Å². The molecule has 2 aromatic rings. The second-order valence-corrected chi connectivity index (χ2v) is 12.4. The highest BCUT2D eigenvalue weighted by Gasteiger charge is 2.49. The van der Waals surface area contributed by atoms with Crippen molar-refractivity contribution in [1.82, 2.24) is 14.9 Å². The minimum Gasteiger partial charge on any atom is -0.461 e. The number of benzene rings is 1. The summed E-state index contributed by atoms with van der Waals surface area (Å²) in [5.41, 5.74) is 10.7. The van der Waals surface area contributed by atoms with Crippen molar-refractivity contribution in [3.8, 4) is 6.01 Å². The fourth-order valence-corrected chi connectivity index (χ4v) is 7.85. The van der Waals surface area contributed by atoms with Gasteiger partial charge in [0.05, 0.1) is 29.5 Å². The van der Waals surface area contributed by atoms with Crippen LogP contribution in [0, 0.1) is 0 Å². The molecule has 2 unspecified atom stereocenters. The maximum absolute atomic E-state index is 14.4. The number of aliphatic hydroxyl groups is 1. The Morgan fingerprint density at radius 2 is 2.05 bits per heavy atom. The number of alkyl halides is 1. The van der Waals surface area contributed by atoms with Crippen LogP contribution in [0.2, 0.25) is 0 Å². The van der Waals surface area contributed by atoms with Crippen LogP contribution in [0.25, 0.3) is 0 Å². The van der Waals surface area contributed by atoms with Crippen LogP contribution in [0.5, 0.6) is 6.01 Å². The Kier molecular flexibility index (Phi) is 6.44. The number of anilines is 2. The minimum absolute atomic E-state index is 0.254. The van der Waals surface area contributed by atoms with Crippen molar-refractivity contribution < 1.29 is 19.0 Å². The van der Waals surface area contributed by atoms with Gasteiger partial charge >= 0.3 is 6.01 Å². The first kappa shape index (κ1) is 25.5. The van der Waals surface area contributed by atoms with Crippen LogP contribution in [-0.2, 0) is 29.8 Å². The third-order valence-electron chi connectivity index (χ3n) is 9.88. The fourth-order valence-electron chi connectivity index (χ4n) is 7.85. The van der Waals surface area contributed by atoms with Crippen molar-refractivity contribution >= 4 is 11.5 Å². The van der Waals surface area contributed by atoms with Crippen molar-refractivity contribution in [1.29, 1.82) is 0 Å². The maximum atomic E-state index is 14.4. The molecule has 1 aliphatic carbocycles. The van der Waals surface area contributed by atoms with Gasteiger partial charge in [-0.25, -0.2) is 4.39 Å². The molecule has 7 rings (SSSR count). The lowest BCUT2D eigenvalue weighted by Crippen LogP contribution is -2.44. The Hall–Kier alpha value is -2.49. The molecule has 4 aliphatic heterocycles. The minimum atomic E-state index is -0.798. The fraction of sp³-hybridized carbons (Fsp3) is 0.667. The monoisotopic (exact) mass is 537 g/mol. The largest absolute Gasteiger partial charge is 0.461 e. The van der Waals surface area contributed by atoms with Crippen LogP contribution in [0.3, 0.4) is 0 Å². The summed E-state index contributed by atoms with van der Waals surface area (Å²) in [6.45, 7) is 3.82. The second-order valence-electron chi connectivity index (χ2n) is 12.4. The zero-order chi connectivity index (χ0) is 26.6. The van der Waals surface area contributed by atoms with Crippen LogP contribution in [0.4, 0.5) is 15.9 Å². The zero-order valence-corrected chi connectivity index (χ0v) is 22.7. The van der Waals surface area contributed by atoms with E-state index in [1.165, 1.54) is 11.1 Å². The molecule has 1 spiro atoms. The maximum Gasteiger partial charge on any atom is 0.318 e. The van der Waals surface area contributed by atoms with Crippen molar-refractivity contribution in [2.45, 2.75) is 94.2 Å². The van der Waals surface area contributed by atoms with E-state index < -0.39 is 11.8 Å². The molecule has 39 heavy (non-hydrogen) atoms. The number of aromatic nitrogens is 2. The van der Waals surface area contributed by atoms with E-state index in [4.69, 9.17) is 25.2 Å². The van der Waals surface area contributed by atoms with E-state index in [9.17, 15) is 9.50 Å². The lowest BCUT2D eigenvalue weighted by molar-refractivity contribution is -0.0855. The molecule has 9 heteroatoms. The van der Waals surface area contributed by atoms with Gasteiger partial charge < -0.3 is 25.2 Å². The van der Waals surface area contributed by atoms with Gasteiger partial charge in [0.25, 0.3) is 0 Å². The highest BCUT2D eigenvalue weighted by molar-refractivity contribution is 5.54. The number of nitrogens with zero attached hydrogens (tertiary/aromatic N) is 4. The van der Waals surface area contributed by atoms with Gasteiger partial charge in [-0.05, 0) is 81.2 Å². The third kappa shape index (κ3) is 4.56. The van der Waals surface area contributed by atoms with Crippen LogP contribution in [0.1, 0.15) is 73.8 Å². The summed E-state index contributed by atoms with van der Waals surface area (Å²) in [4.78, 5) is 14.5. The number of nitrogen functional groups attached to an aromatic ring is 1. The SMILES string of the molecule is Nc1ccc2c(c1)C1(CCC2)Cc2nc(OC[C@@]34CCCN3C[C@H](F)C4)nc(N3CCCC(O)CC3)c2CO1. The second kappa shape index (κ2) is 9.85. The molecule has 0 bridgehead atoms. The van der Waals surface area contributed by atoms with Crippen LogP contribution < -0.4 is 15.4 Å². The van der Waals surface area contributed by atoms with Crippen LogP contribution >= 0.6 is 0 Å². The summed E-state index contributed by atoms with van der Waals surface area (Å²) in [7, 11) is 0. The summed E-state index contributed by atoms with van der Waals surface area (Å²) >= 11 is 0. The molecule has 1 aromatic carbocycles. The molecule has 3 fully saturated rings. The normalized spacial score (nSPS) is 32.5. The van der Waals surface area contributed by atoms with Gasteiger partial charge in [-0.1, -0.05) is 6.07 Å². The number of hydrogen-bond acceptors (Lipinski definition) is 8. The number of fused-ring (bicyclic) bond motifs is 4. The average molecular weight is 538 g/mol. The van der Waals surface area contributed by atoms with Gasteiger partial charge in [0.1, 0.15) is 18.6 Å². The summed E-state index contributed by atoms with van der Waals surface area (Å²) in [6, 6.07) is 6.57. The number of hydrogen-bond donors (Lipinski definition) is 2. The van der Waals surface area contributed by atoms with Crippen molar-refractivity contribution in [3.05, 3.63) is 40.6 Å². The summed E-state index contributed by atoms with van der Waals surface area (Å²) in [6.07, 6.45) is 7.53. The van der Waals surface area contributed by atoms with Crippen molar-refractivity contribution in [2.75, 3.05) is 43.4 Å². The van der Waals surface area contributed by atoms with E-state index in [1.54, 1.807) is 0 Å². The summed E-state index contributed by atoms with van der Waals surface area (Å²) in [5.74, 6) is 0.859. The number of rotatable bonds is 4. The summed E-state index contributed by atoms with van der Waals surface area (Å²) in [5, 5.41) is 10.3. The third-order valence-corrected chi connectivity index (χ3v) is 9.88. The number of aliphatic hydroxyl groups excluding tert-OH is 1. The molecule has 0 amide bonds. The van der Waals surface area contributed by atoms with E-state index in [1.807, 2.05) is 6.07 Å². The Labute approximate surface area is 229 Å². The number of aryl methyl sites for hydroxylation is 1. The van der Waals surface area contributed by atoms with Gasteiger partial charge in [0.15, 0.2) is 0 Å². The van der Waals surface area contributed by atoms with E-state index in [-0.39, 0.29) is 11.6 Å². The van der Waals surface area contributed by atoms with Crippen LogP contribution in [0.15, 0.2) is 18.2 Å². The first-order chi connectivity index (χ1) is 18.9. The zero-order valence-electron chi connectivity index (χ0n) is 22.7. The van der Waals surface area contributed by atoms with E-state index >= 15 is 0 Å². The molecule has 3 N–H and O–H groups in total. The lowest BCUT2D eigenvalue weighted by atomic mass is 9.74. The highest BCUT2D eigenvalue weighted by Crippen LogP contribution is 2.47. The molecule has 8 nitrogen and oxygen atoms in total. The van der Waals surface area contributed by atoms with Crippen LogP contribution in [-0.4, -0.2) is 70.6 Å². The number of ether oxygens (including phenoxy) is 2. The highest BCUT2D eigenvalue weighted by atomic mass is 19.1. The standard InChI is InChI=1S/C30H40FN5O3/c31-21-15-29(9-3-12-36(29)17-21)19-38-28-33-26-16-30(10-1-4-20-6-7-22(32)14-25(20)30)39-18-24(26)27(34-28)35-11-2-5-23(37)8-13-35/h6-7,14,21,23,37H,1-5,8-13,15-19,32H2/t21-,23?,29+,30?/m1/s1. The molecule has 4 atom stereocenters. The van der Waals surface area contributed by atoms with E-state index in [2.05, 4.69) is 21.9 Å². The Balaban J connectivity index is 1.24. The molecule has 1 aromatic heterocycles. The first-order valence-electron chi connectivity index (χ1n) is 14.8. The quantitative estimate of drug-likeness (QED) is 0.571. The van der Waals surface area contributed by atoms with Gasteiger partial charge in [0.2, 0.25) is 0 Å². The molecular formula is C30H40FN5O3. The molecule has 3 saturated heterocycles. The van der Waals surface area contributed by atoms with Gasteiger partial charge in [-0.15, -0.1) is 0 Å². The van der Waals surface area contributed by atoms with Crippen molar-refractivity contribution in [3.63, 3.8) is 0 Å². The Morgan fingerprint density at radius 1 is 1.13 bits per heavy atom. The number of halogens is 1. The lowest BCUT2D eigenvalue weighted by Gasteiger charge is -2.43. The molecular weight excluding hydrogens is 497 g/mol. The Bertz CT molecular complexity index is 1250. The van der Waals surface area contributed by atoms with E-state index in [0.717, 1.165) is 87.3 Å².